The van der Waals surface area contributed by atoms with Crippen LogP contribution >= 0.6 is 0 Å². The topological polar surface area (TPSA) is 117 Å². The van der Waals surface area contributed by atoms with Gasteiger partial charge in [0.2, 0.25) is 23.5 Å². The molecule has 0 atom stereocenters. The molecule has 0 saturated carbocycles. The molecule has 10 nitrogen and oxygen atoms in total. The van der Waals surface area contributed by atoms with E-state index in [9.17, 15) is 4.79 Å². The molecule has 0 radical (unpaired) electrons. The van der Waals surface area contributed by atoms with Crippen LogP contribution < -0.4 is 4.74 Å². The molecule has 3 aromatic rings. The molecule has 1 amide bonds. The Kier molecular flexibility index (Phi) is 7.37. The van der Waals surface area contributed by atoms with Crippen molar-refractivity contribution in [1.82, 2.24) is 25.2 Å². The van der Waals surface area contributed by atoms with Gasteiger partial charge in [-0.3, -0.25) is 4.79 Å². The summed E-state index contributed by atoms with van der Waals surface area (Å²) < 4.78 is 21.7. The van der Waals surface area contributed by atoms with E-state index in [4.69, 9.17) is 18.5 Å². The van der Waals surface area contributed by atoms with Crippen LogP contribution in [0.2, 0.25) is 0 Å². The number of hydrogen-bond donors (Lipinski definition) is 0. The van der Waals surface area contributed by atoms with Crippen LogP contribution in [0.25, 0.3) is 11.4 Å². The molecule has 0 bridgehead atoms. The van der Waals surface area contributed by atoms with Gasteiger partial charge in [-0.25, -0.2) is 0 Å². The summed E-state index contributed by atoms with van der Waals surface area (Å²) in [6.45, 7) is 2.99. The highest BCUT2D eigenvalue weighted by Gasteiger charge is 2.26. The Balaban J connectivity index is 1.07. The molecular formula is C25H31N5O5. The molecule has 0 aliphatic carbocycles. The summed E-state index contributed by atoms with van der Waals surface area (Å²) in [5.41, 5.74) is 0.763. The van der Waals surface area contributed by atoms with E-state index in [1.165, 1.54) is 0 Å². The largest absolute Gasteiger partial charge is 0.496 e. The van der Waals surface area contributed by atoms with Crippen molar-refractivity contribution < 1.29 is 23.3 Å². The van der Waals surface area contributed by atoms with E-state index in [2.05, 4.69) is 20.3 Å². The number of para-hydroxylation sites is 1. The van der Waals surface area contributed by atoms with Crippen LogP contribution in [0, 0.1) is 5.92 Å². The first-order valence-electron chi connectivity index (χ1n) is 12.3. The van der Waals surface area contributed by atoms with Gasteiger partial charge < -0.3 is 23.4 Å². The number of aromatic nitrogens is 4. The SMILES string of the molecule is COc1ccccc1-c1noc(CCC(=O)N2CCC(Cc3nc(C4CCOCC4)no3)CC2)n1. The van der Waals surface area contributed by atoms with Crippen molar-refractivity contribution in [2.24, 2.45) is 5.92 Å². The number of carbonyl (C=O) groups excluding carboxylic acids is 1. The molecule has 2 aliphatic rings. The van der Waals surface area contributed by atoms with E-state index < -0.39 is 0 Å². The second-order valence-electron chi connectivity index (χ2n) is 9.17. The first-order valence-corrected chi connectivity index (χ1v) is 12.3. The number of benzene rings is 1. The normalized spacial score (nSPS) is 17.6. The Morgan fingerprint density at radius 1 is 1.03 bits per heavy atom. The van der Waals surface area contributed by atoms with Gasteiger partial charge in [0.1, 0.15) is 5.75 Å². The highest BCUT2D eigenvalue weighted by Crippen LogP contribution is 2.28. The van der Waals surface area contributed by atoms with Crippen LogP contribution in [0.15, 0.2) is 33.3 Å². The van der Waals surface area contributed by atoms with Crippen LogP contribution in [0.4, 0.5) is 0 Å². The summed E-state index contributed by atoms with van der Waals surface area (Å²) in [6.07, 6.45) is 5.29. The first-order chi connectivity index (χ1) is 17.2. The third kappa shape index (κ3) is 5.70. The van der Waals surface area contributed by atoms with Crippen molar-refractivity contribution in [2.75, 3.05) is 33.4 Å². The molecule has 10 heteroatoms. The second-order valence-corrected chi connectivity index (χ2v) is 9.17. The Hall–Kier alpha value is -3.27. The monoisotopic (exact) mass is 481 g/mol. The summed E-state index contributed by atoms with van der Waals surface area (Å²) in [5, 5.41) is 8.25. The van der Waals surface area contributed by atoms with Crippen LogP contribution in [0.3, 0.4) is 0 Å². The zero-order chi connectivity index (χ0) is 24.0. The van der Waals surface area contributed by atoms with E-state index >= 15 is 0 Å². The summed E-state index contributed by atoms with van der Waals surface area (Å²) in [6, 6.07) is 7.51. The van der Waals surface area contributed by atoms with Gasteiger partial charge >= 0.3 is 0 Å². The van der Waals surface area contributed by atoms with Crippen molar-refractivity contribution in [1.29, 1.82) is 0 Å². The minimum atomic E-state index is 0.111. The van der Waals surface area contributed by atoms with Gasteiger partial charge in [-0.2, -0.15) is 9.97 Å². The Morgan fingerprint density at radius 2 is 1.80 bits per heavy atom. The highest BCUT2D eigenvalue weighted by molar-refractivity contribution is 5.76. The van der Waals surface area contributed by atoms with Crippen molar-refractivity contribution >= 4 is 5.91 Å². The van der Waals surface area contributed by atoms with Gasteiger partial charge in [-0.05, 0) is 43.7 Å². The Labute approximate surface area is 204 Å². The maximum absolute atomic E-state index is 12.8. The molecule has 186 valence electrons. The molecule has 0 unspecified atom stereocenters. The predicted octanol–water partition coefficient (Wildman–Crippen LogP) is 3.44. The Bertz CT molecular complexity index is 1110. The zero-order valence-corrected chi connectivity index (χ0v) is 20.0. The van der Waals surface area contributed by atoms with Crippen molar-refractivity contribution in [3.8, 4) is 17.1 Å². The lowest BCUT2D eigenvalue weighted by atomic mass is 9.93. The molecule has 2 aliphatic heterocycles. The van der Waals surface area contributed by atoms with E-state index in [0.717, 1.165) is 69.8 Å². The summed E-state index contributed by atoms with van der Waals surface area (Å²) in [7, 11) is 1.61. The summed E-state index contributed by atoms with van der Waals surface area (Å²) in [5.74, 6) is 4.01. The molecule has 0 N–H and O–H groups in total. The van der Waals surface area contributed by atoms with Crippen LogP contribution in [0.5, 0.6) is 5.75 Å². The molecule has 35 heavy (non-hydrogen) atoms. The van der Waals surface area contributed by atoms with Crippen LogP contribution in [-0.4, -0.2) is 64.5 Å². The number of aryl methyl sites for hydroxylation is 1. The molecule has 4 heterocycles. The van der Waals surface area contributed by atoms with Gasteiger partial charge in [-0.15, -0.1) is 0 Å². The number of nitrogens with zero attached hydrogens (tertiary/aromatic N) is 5. The molecule has 2 saturated heterocycles. The fourth-order valence-corrected chi connectivity index (χ4v) is 4.77. The zero-order valence-electron chi connectivity index (χ0n) is 20.0. The van der Waals surface area contributed by atoms with Gasteiger partial charge in [0.15, 0.2) is 5.82 Å². The van der Waals surface area contributed by atoms with Crippen LogP contribution in [-0.2, 0) is 22.4 Å². The molecular weight excluding hydrogens is 450 g/mol. The molecule has 2 fully saturated rings. The van der Waals surface area contributed by atoms with Gasteiger partial charge in [0.25, 0.3) is 0 Å². The van der Waals surface area contributed by atoms with Gasteiger partial charge in [-0.1, -0.05) is 22.4 Å². The van der Waals surface area contributed by atoms with Crippen molar-refractivity contribution in [3.05, 3.63) is 41.9 Å². The number of hydrogen-bond acceptors (Lipinski definition) is 9. The van der Waals surface area contributed by atoms with E-state index in [0.29, 0.717) is 48.0 Å². The number of carbonyl (C=O) groups is 1. The third-order valence-electron chi connectivity index (χ3n) is 6.87. The van der Waals surface area contributed by atoms with E-state index in [-0.39, 0.29) is 5.91 Å². The van der Waals surface area contributed by atoms with E-state index in [1.54, 1.807) is 7.11 Å². The lowest BCUT2D eigenvalue weighted by Gasteiger charge is -2.31. The third-order valence-corrected chi connectivity index (χ3v) is 6.87. The lowest BCUT2D eigenvalue weighted by Crippen LogP contribution is -2.39. The fourth-order valence-electron chi connectivity index (χ4n) is 4.77. The fraction of sp³-hybridized carbons (Fsp3) is 0.560. The van der Waals surface area contributed by atoms with Gasteiger partial charge in [0.05, 0.1) is 12.7 Å². The standard InChI is InChI=1S/C25H31N5O5/c1-32-20-5-3-2-4-19(20)25-26-21(34-29-25)6-7-23(31)30-12-8-17(9-13-30)16-22-27-24(28-35-22)18-10-14-33-15-11-18/h2-5,17-18H,6-16H2,1H3. The lowest BCUT2D eigenvalue weighted by molar-refractivity contribution is -0.132. The average molecular weight is 482 g/mol. The van der Waals surface area contributed by atoms with Crippen LogP contribution in [0.1, 0.15) is 55.6 Å². The molecule has 0 spiro atoms. The number of rotatable bonds is 8. The predicted molar refractivity (Wildman–Crippen MR) is 125 cm³/mol. The number of ether oxygens (including phenoxy) is 2. The number of likely N-dealkylation sites (tertiary alicyclic amines) is 1. The first kappa shape index (κ1) is 23.5. The smallest absolute Gasteiger partial charge is 0.227 e. The number of amides is 1. The average Bonchev–Trinajstić information content (AvgIpc) is 3.58. The maximum atomic E-state index is 12.8. The maximum Gasteiger partial charge on any atom is 0.227 e. The number of methoxy groups -OCH3 is 1. The number of piperidine rings is 1. The van der Waals surface area contributed by atoms with Crippen molar-refractivity contribution in [2.45, 2.75) is 50.9 Å². The molecule has 2 aromatic heterocycles. The van der Waals surface area contributed by atoms with Gasteiger partial charge in [0, 0.05) is 51.5 Å². The minimum Gasteiger partial charge on any atom is -0.496 e. The van der Waals surface area contributed by atoms with Crippen molar-refractivity contribution in [3.63, 3.8) is 0 Å². The molecule has 5 rings (SSSR count). The molecule has 1 aromatic carbocycles. The Morgan fingerprint density at radius 3 is 2.60 bits per heavy atom. The summed E-state index contributed by atoms with van der Waals surface area (Å²) >= 11 is 0. The minimum absolute atomic E-state index is 0.111. The second kappa shape index (κ2) is 11.0. The van der Waals surface area contributed by atoms with E-state index in [1.807, 2.05) is 29.2 Å². The summed E-state index contributed by atoms with van der Waals surface area (Å²) in [4.78, 5) is 23.8. The quantitative estimate of drug-likeness (QED) is 0.477. The highest BCUT2D eigenvalue weighted by atomic mass is 16.5.